The first-order chi connectivity index (χ1) is 9.53. The van der Waals surface area contributed by atoms with Crippen LogP contribution in [0.2, 0.25) is 0 Å². The highest BCUT2D eigenvalue weighted by molar-refractivity contribution is 8.00. The second kappa shape index (κ2) is 7.54. The molecule has 0 aromatic rings. The Hall–Kier alpha value is 0.310. The first-order valence-corrected chi connectivity index (χ1v) is 9.86. The predicted octanol–water partition coefficient (Wildman–Crippen LogP) is 5.25. The van der Waals surface area contributed by atoms with Crippen LogP contribution >= 0.6 is 11.8 Å². The van der Waals surface area contributed by atoms with Crippen molar-refractivity contribution in [2.75, 3.05) is 6.54 Å². The second-order valence-corrected chi connectivity index (χ2v) is 9.43. The normalized spacial score (nSPS) is 37.8. The fraction of sp³-hybridized carbons (Fsp3) is 1.00. The topological polar surface area (TPSA) is 12.0 Å². The Balaban J connectivity index is 1.95. The summed E-state index contributed by atoms with van der Waals surface area (Å²) < 4.78 is 0. The van der Waals surface area contributed by atoms with Crippen LogP contribution in [-0.4, -0.2) is 23.1 Å². The molecule has 1 N–H and O–H groups in total. The summed E-state index contributed by atoms with van der Waals surface area (Å²) in [6.45, 7) is 10.9. The van der Waals surface area contributed by atoms with E-state index >= 15 is 0 Å². The van der Waals surface area contributed by atoms with E-state index in [2.05, 4.69) is 44.8 Å². The molecular formula is C18H35NS. The van der Waals surface area contributed by atoms with Crippen molar-refractivity contribution in [3.05, 3.63) is 0 Å². The highest BCUT2D eigenvalue weighted by atomic mass is 32.2. The van der Waals surface area contributed by atoms with Crippen LogP contribution < -0.4 is 5.32 Å². The van der Waals surface area contributed by atoms with Gasteiger partial charge in [0.1, 0.15) is 0 Å². The molecule has 0 aromatic carbocycles. The zero-order chi connectivity index (χ0) is 14.6. The van der Waals surface area contributed by atoms with Crippen molar-refractivity contribution in [3.8, 4) is 0 Å². The van der Waals surface area contributed by atoms with Gasteiger partial charge in [0.25, 0.3) is 0 Å². The zero-order valence-corrected chi connectivity index (χ0v) is 14.9. The fourth-order valence-electron chi connectivity index (χ4n) is 4.19. The van der Waals surface area contributed by atoms with Gasteiger partial charge in [-0.25, -0.2) is 0 Å². The molecule has 20 heavy (non-hydrogen) atoms. The molecule has 1 nitrogen and oxygen atoms in total. The van der Waals surface area contributed by atoms with Crippen LogP contribution in [0.3, 0.4) is 0 Å². The van der Waals surface area contributed by atoms with E-state index in [9.17, 15) is 0 Å². The van der Waals surface area contributed by atoms with E-state index in [1.165, 1.54) is 57.9 Å². The molecule has 2 saturated carbocycles. The van der Waals surface area contributed by atoms with Crippen molar-refractivity contribution in [1.82, 2.24) is 5.32 Å². The van der Waals surface area contributed by atoms with Crippen LogP contribution in [-0.2, 0) is 0 Å². The third-order valence-corrected chi connectivity index (χ3v) is 7.06. The highest BCUT2D eigenvalue weighted by Gasteiger charge is 2.40. The van der Waals surface area contributed by atoms with Crippen molar-refractivity contribution in [2.24, 2.45) is 11.3 Å². The largest absolute Gasteiger partial charge is 0.312 e. The van der Waals surface area contributed by atoms with Gasteiger partial charge in [-0.1, -0.05) is 47.0 Å². The van der Waals surface area contributed by atoms with E-state index < -0.39 is 0 Å². The molecule has 0 aromatic heterocycles. The minimum absolute atomic E-state index is 0.478. The molecule has 0 amide bonds. The van der Waals surface area contributed by atoms with Crippen LogP contribution in [0.5, 0.6) is 0 Å². The van der Waals surface area contributed by atoms with Crippen LogP contribution in [0.25, 0.3) is 0 Å². The Kier molecular flexibility index (Phi) is 6.28. The molecule has 0 aliphatic heterocycles. The van der Waals surface area contributed by atoms with Gasteiger partial charge >= 0.3 is 0 Å². The maximum atomic E-state index is 3.89. The van der Waals surface area contributed by atoms with Gasteiger partial charge < -0.3 is 5.32 Å². The van der Waals surface area contributed by atoms with E-state index in [-0.39, 0.29) is 0 Å². The third-order valence-electron chi connectivity index (χ3n) is 5.39. The van der Waals surface area contributed by atoms with Crippen molar-refractivity contribution >= 4 is 11.8 Å². The molecule has 0 radical (unpaired) electrons. The number of hydrogen-bond acceptors (Lipinski definition) is 2. The van der Waals surface area contributed by atoms with Crippen molar-refractivity contribution in [1.29, 1.82) is 0 Å². The van der Waals surface area contributed by atoms with Crippen molar-refractivity contribution in [2.45, 2.75) is 95.6 Å². The standard InChI is InChI=1S/C18H35NS/c1-5-12-19-17-16(10-7-11-18(17,3)4)20-15-9-6-8-14(2)13-15/h14-17,19H,5-13H2,1-4H3. The average Bonchev–Trinajstić information content (AvgIpc) is 2.37. The lowest BCUT2D eigenvalue weighted by atomic mass is 9.73. The smallest absolute Gasteiger partial charge is 0.0237 e. The van der Waals surface area contributed by atoms with Crippen LogP contribution in [0.4, 0.5) is 0 Å². The Labute approximate surface area is 131 Å². The molecule has 0 heterocycles. The highest BCUT2D eigenvalue weighted by Crippen LogP contribution is 2.44. The lowest BCUT2D eigenvalue weighted by Gasteiger charge is -2.46. The molecule has 2 fully saturated rings. The van der Waals surface area contributed by atoms with Gasteiger partial charge in [-0.15, -0.1) is 0 Å². The van der Waals surface area contributed by atoms with Crippen molar-refractivity contribution < 1.29 is 0 Å². The third kappa shape index (κ3) is 4.40. The fourth-order valence-corrected chi connectivity index (χ4v) is 6.35. The quantitative estimate of drug-likeness (QED) is 0.744. The van der Waals surface area contributed by atoms with Gasteiger partial charge in [0.05, 0.1) is 0 Å². The Morgan fingerprint density at radius 1 is 1.15 bits per heavy atom. The van der Waals surface area contributed by atoms with Crippen LogP contribution in [0.1, 0.15) is 79.1 Å². The zero-order valence-electron chi connectivity index (χ0n) is 14.1. The number of hydrogen-bond donors (Lipinski definition) is 1. The van der Waals surface area contributed by atoms with Gasteiger partial charge in [-0.05, 0) is 50.0 Å². The summed E-state index contributed by atoms with van der Waals surface area (Å²) in [6, 6.07) is 0.721. The van der Waals surface area contributed by atoms with E-state index in [0.29, 0.717) is 5.41 Å². The Morgan fingerprint density at radius 2 is 1.95 bits per heavy atom. The summed E-state index contributed by atoms with van der Waals surface area (Å²) in [5, 5.41) is 5.67. The second-order valence-electron chi connectivity index (χ2n) is 7.88. The first kappa shape index (κ1) is 16.7. The summed E-state index contributed by atoms with van der Waals surface area (Å²) >= 11 is 2.34. The molecule has 0 bridgehead atoms. The van der Waals surface area contributed by atoms with E-state index in [4.69, 9.17) is 0 Å². The molecule has 4 unspecified atom stereocenters. The monoisotopic (exact) mass is 297 g/mol. The Morgan fingerprint density at radius 3 is 2.65 bits per heavy atom. The van der Waals surface area contributed by atoms with Gasteiger partial charge in [-0.2, -0.15) is 11.8 Å². The molecular weight excluding hydrogens is 262 g/mol. The average molecular weight is 298 g/mol. The van der Waals surface area contributed by atoms with Crippen molar-refractivity contribution in [3.63, 3.8) is 0 Å². The lowest BCUT2D eigenvalue weighted by Crippen LogP contribution is -2.52. The SMILES string of the molecule is CCCNC1C(SC2CCCC(C)C2)CCCC1(C)C. The van der Waals surface area contributed by atoms with Gasteiger partial charge in [0.15, 0.2) is 0 Å². The van der Waals surface area contributed by atoms with E-state index in [1.807, 2.05) is 0 Å². The summed E-state index contributed by atoms with van der Waals surface area (Å²) in [4.78, 5) is 0. The van der Waals surface area contributed by atoms with Gasteiger partial charge in [0.2, 0.25) is 0 Å². The molecule has 0 saturated heterocycles. The molecule has 2 aliphatic carbocycles. The summed E-state index contributed by atoms with van der Waals surface area (Å²) in [5.74, 6) is 0.958. The molecule has 118 valence electrons. The number of thioether (sulfide) groups is 1. The summed E-state index contributed by atoms with van der Waals surface area (Å²) in [6.07, 6.45) is 11.4. The lowest BCUT2D eigenvalue weighted by molar-refractivity contribution is 0.174. The number of nitrogens with one attached hydrogen (secondary N) is 1. The molecule has 0 spiro atoms. The van der Waals surface area contributed by atoms with E-state index in [1.54, 1.807) is 0 Å². The minimum atomic E-state index is 0.478. The molecule has 4 atom stereocenters. The summed E-state index contributed by atoms with van der Waals surface area (Å²) in [5.41, 5.74) is 0.478. The van der Waals surface area contributed by atoms with Crippen LogP contribution in [0, 0.1) is 11.3 Å². The molecule has 2 heteroatoms. The first-order valence-electron chi connectivity index (χ1n) is 8.91. The van der Waals surface area contributed by atoms with E-state index in [0.717, 1.165) is 22.5 Å². The number of rotatable bonds is 5. The van der Waals surface area contributed by atoms with Gasteiger partial charge in [-0.3, -0.25) is 0 Å². The Bertz CT molecular complexity index is 289. The molecule has 2 rings (SSSR count). The molecule has 2 aliphatic rings. The predicted molar refractivity (Wildman–Crippen MR) is 92.5 cm³/mol. The van der Waals surface area contributed by atoms with Gasteiger partial charge in [0, 0.05) is 16.5 Å². The maximum Gasteiger partial charge on any atom is 0.0237 e. The summed E-state index contributed by atoms with van der Waals surface area (Å²) in [7, 11) is 0. The van der Waals surface area contributed by atoms with Crippen LogP contribution in [0.15, 0.2) is 0 Å². The minimum Gasteiger partial charge on any atom is -0.312 e. The maximum absolute atomic E-state index is 3.89.